The molecule has 0 aliphatic heterocycles. The van der Waals surface area contributed by atoms with Crippen molar-refractivity contribution in [3.05, 3.63) is 102 Å². The molecule has 0 N–H and O–H groups in total. The maximum atomic E-state index is 4.05. The molecular formula is C23H27N. The minimum atomic E-state index is 0.305. The summed E-state index contributed by atoms with van der Waals surface area (Å²) in [6.07, 6.45) is 15.7. The Hall–Kier alpha value is -2.54. The molecule has 1 nitrogen and oxygen atoms in total. The topological polar surface area (TPSA) is 3.24 Å². The standard InChI is InChI=1S/C23H27N/c1-6-11-20(8-3)24(21-16-14-18(5)15-17-21)23-13-10-12-19(7-2)22(23)9-4/h6-11,13-17,19H,2,4,12H2,1,3,5H3/b11-6-,20-8+. The van der Waals surface area contributed by atoms with E-state index < -0.39 is 0 Å². The van der Waals surface area contributed by atoms with Gasteiger partial charge in [-0.2, -0.15) is 0 Å². The Bertz CT molecular complexity index is 711. The van der Waals surface area contributed by atoms with Crippen molar-refractivity contribution < 1.29 is 0 Å². The van der Waals surface area contributed by atoms with Crippen molar-refractivity contribution in [1.29, 1.82) is 0 Å². The van der Waals surface area contributed by atoms with Gasteiger partial charge in [-0.05, 0) is 57.0 Å². The average Bonchev–Trinajstić information content (AvgIpc) is 2.62. The zero-order valence-electron chi connectivity index (χ0n) is 15.0. The summed E-state index contributed by atoms with van der Waals surface area (Å²) in [5.41, 5.74) is 5.93. The summed E-state index contributed by atoms with van der Waals surface area (Å²) in [4.78, 5) is 2.29. The molecule has 0 fully saturated rings. The largest absolute Gasteiger partial charge is 0.311 e. The van der Waals surface area contributed by atoms with Gasteiger partial charge >= 0.3 is 0 Å². The van der Waals surface area contributed by atoms with Crippen LogP contribution in [0.4, 0.5) is 5.69 Å². The van der Waals surface area contributed by atoms with Crippen LogP contribution in [0.3, 0.4) is 0 Å². The number of hydrogen-bond acceptors (Lipinski definition) is 1. The second kappa shape index (κ2) is 8.35. The molecule has 0 aromatic heterocycles. The highest BCUT2D eigenvalue weighted by Gasteiger charge is 2.22. The quantitative estimate of drug-likeness (QED) is 0.428. The molecule has 1 aromatic carbocycles. The predicted octanol–water partition coefficient (Wildman–Crippen LogP) is 6.48. The van der Waals surface area contributed by atoms with Crippen LogP contribution in [0.1, 0.15) is 25.8 Å². The fraction of sp³-hybridized carbons (Fsp3) is 0.217. The number of aryl methyl sites for hydroxylation is 1. The molecule has 1 unspecified atom stereocenters. The van der Waals surface area contributed by atoms with Crippen molar-refractivity contribution in [2.75, 3.05) is 4.90 Å². The van der Waals surface area contributed by atoms with Crippen LogP contribution >= 0.6 is 0 Å². The van der Waals surface area contributed by atoms with Gasteiger partial charge in [-0.15, -0.1) is 6.58 Å². The molecule has 1 aliphatic carbocycles. The van der Waals surface area contributed by atoms with Gasteiger partial charge in [0.15, 0.2) is 0 Å². The maximum Gasteiger partial charge on any atom is 0.0496 e. The van der Waals surface area contributed by atoms with Gasteiger partial charge in [-0.3, -0.25) is 0 Å². The number of nitrogens with zero attached hydrogens (tertiary/aromatic N) is 1. The lowest BCUT2D eigenvalue weighted by atomic mass is 9.89. The SMILES string of the molecule is C=CC1=C(N(C(/C=C\C)=C/C)c2ccc(C)cc2)C=CCC1C=C. The molecule has 0 amide bonds. The van der Waals surface area contributed by atoms with Crippen molar-refractivity contribution >= 4 is 5.69 Å². The first kappa shape index (κ1) is 17.8. The third-order valence-corrected chi connectivity index (χ3v) is 4.29. The van der Waals surface area contributed by atoms with Gasteiger partial charge in [0.05, 0.1) is 0 Å². The third kappa shape index (κ3) is 3.68. The normalized spacial score (nSPS) is 18.1. The van der Waals surface area contributed by atoms with Crippen LogP contribution in [0.15, 0.2) is 96.9 Å². The highest BCUT2D eigenvalue weighted by atomic mass is 15.2. The minimum Gasteiger partial charge on any atom is -0.311 e. The van der Waals surface area contributed by atoms with Gasteiger partial charge in [0.25, 0.3) is 0 Å². The van der Waals surface area contributed by atoms with Gasteiger partial charge in [0.1, 0.15) is 0 Å². The van der Waals surface area contributed by atoms with Gasteiger partial charge in [0, 0.05) is 23.0 Å². The van der Waals surface area contributed by atoms with Crippen LogP contribution in [0.2, 0.25) is 0 Å². The van der Waals surface area contributed by atoms with E-state index in [1.165, 1.54) is 11.1 Å². The molecule has 1 aliphatic rings. The average molecular weight is 317 g/mol. The molecule has 24 heavy (non-hydrogen) atoms. The molecular weight excluding hydrogens is 290 g/mol. The van der Waals surface area contributed by atoms with Crippen LogP contribution < -0.4 is 4.90 Å². The number of allylic oxidation sites excluding steroid dienone is 8. The van der Waals surface area contributed by atoms with E-state index in [-0.39, 0.29) is 0 Å². The summed E-state index contributed by atoms with van der Waals surface area (Å²) in [7, 11) is 0. The van der Waals surface area contributed by atoms with Crippen molar-refractivity contribution in [3.63, 3.8) is 0 Å². The number of hydrogen-bond donors (Lipinski definition) is 0. The molecule has 124 valence electrons. The first-order chi connectivity index (χ1) is 11.7. The van der Waals surface area contributed by atoms with Crippen LogP contribution in [0.25, 0.3) is 0 Å². The van der Waals surface area contributed by atoms with E-state index in [0.29, 0.717) is 5.92 Å². The molecule has 1 heteroatoms. The Morgan fingerprint density at radius 1 is 1.17 bits per heavy atom. The fourth-order valence-corrected chi connectivity index (χ4v) is 3.01. The number of anilines is 1. The summed E-state index contributed by atoms with van der Waals surface area (Å²) >= 11 is 0. The van der Waals surface area contributed by atoms with Gasteiger partial charge in [-0.25, -0.2) is 0 Å². The monoisotopic (exact) mass is 317 g/mol. The van der Waals surface area contributed by atoms with E-state index in [1.54, 1.807) is 0 Å². The van der Waals surface area contributed by atoms with Gasteiger partial charge in [0.2, 0.25) is 0 Å². The molecule has 2 rings (SSSR count). The second-order valence-corrected chi connectivity index (χ2v) is 5.91. The Kier molecular flexibility index (Phi) is 6.20. The van der Waals surface area contributed by atoms with E-state index in [0.717, 1.165) is 23.5 Å². The lowest BCUT2D eigenvalue weighted by molar-refractivity contribution is 0.769. The molecule has 1 atom stereocenters. The molecule has 0 radical (unpaired) electrons. The summed E-state index contributed by atoms with van der Waals surface area (Å²) in [5.74, 6) is 0.305. The fourth-order valence-electron chi connectivity index (χ4n) is 3.01. The molecule has 0 spiro atoms. The van der Waals surface area contributed by atoms with E-state index >= 15 is 0 Å². The third-order valence-electron chi connectivity index (χ3n) is 4.29. The van der Waals surface area contributed by atoms with Crippen molar-refractivity contribution in [2.24, 2.45) is 5.92 Å². The van der Waals surface area contributed by atoms with Gasteiger partial charge < -0.3 is 4.90 Å². The van der Waals surface area contributed by atoms with Crippen molar-refractivity contribution in [1.82, 2.24) is 0 Å². The summed E-state index contributed by atoms with van der Waals surface area (Å²) in [6.45, 7) is 14.3. The maximum absolute atomic E-state index is 4.05. The van der Waals surface area contributed by atoms with Crippen LogP contribution in [0, 0.1) is 12.8 Å². The van der Waals surface area contributed by atoms with E-state index in [1.807, 2.05) is 19.1 Å². The highest BCUT2D eigenvalue weighted by molar-refractivity contribution is 5.65. The molecule has 0 heterocycles. The van der Waals surface area contributed by atoms with Crippen LogP contribution in [0.5, 0.6) is 0 Å². The molecule has 0 saturated heterocycles. The van der Waals surface area contributed by atoms with E-state index in [4.69, 9.17) is 0 Å². The Labute approximate surface area is 146 Å². The van der Waals surface area contributed by atoms with E-state index in [9.17, 15) is 0 Å². The molecule has 0 saturated carbocycles. The summed E-state index contributed by atoms with van der Waals surface area (Å²) in [6, 6.07) is 8.64. The second-order valence-electron chi connectivity index (χ2n) is 5.91. The van der Waals surface area contributed by atoms with Crippen LogP contribution in [-0.2, 0) is 0 Å². The first-order valence-corrected chi connectivity index (χ1v) is 8.47. The number of benzene rings is 1. The number of rotatable bonds is 6. The predicted molar refractivity (Wildman–Crippen MR) is 107 cm³/mol. The smallest absolute Gasteiger partial charge is 0.0496 e. The zero-order chi connectivity index (χ0) is 17.5. The zero-order valence-corrected chi connectivity index (χ0v) is 15.0. The van der Waals surface area contributed by atoms with E-state index in [2.05, 4.69) is 86.6 Å². The minimum absolute atomic E-state index is 0.305. The highest BCUT2D eigenvalue weighted by Crippen LogP contribution is 2.34. The van der Waals surface area contributed by atoms with Gasteiger partial charge in [-0.1, -0.05) is 54.7 Å². The lowest BCUT2D eigenvalue weighted by Gasteiger charge is -2.32. The Morgan fingerprint density at radius 3 is 2.42 bits per heavy atom. The Balaban J connectivity index is 2.67. The van der Waals surface area contributed by atoms with Crippen molar-refractivity contribution in [3.8, 4) is 0 Å². The molecule has 1 aromatic rings. The van der Waals surface area contributed by atoms with Crippen molar-refractivity contribution in [2.45, 2.75) is 27.2 Å². The summed E-state index contributed by atoms with van der Waals surface area (Å²) in [5, 5.41) is 0. The first-order valence-electron chi connectivity index (χ1n) is 8.47. The Morgan fingerprint density at radius 2 is 1.88 bits per heavy atom. The molecule has 0 bridgehead atoms. The van der Waals surface area contributed by atoms with Crippen LogP contribution in [-0.4, -0.2) is 0 Å². The lowest BCUT2D eigenvalue weighted by Crippen LogP contribution is -2.24. The summed E-state index contributed by atoms with van der Waals surface area (Å²) < 4.78 is 0.